The summed E-state index contributed by atoms with van der Waals surface area (Å²) < 4.78 is 0. The first-order chi connectivity index (χ1) is 12.8. The lowest BCUT2D eigenvalue weighted by atomic mass is 9.93. The molecule has 0 fully saturated rings. The molecule has 0 N–H and O–H groups in total. The molecule has 3 aromatic rings. The minimum Gasteiger partial charge on any atom is -0.298 e. The van der Waals surface area contributed by atoms with Crippen LogP contribution in [0.1, 0.15) is 43.7 Å². The quantitative estimate of drug-likeness (QED) is 0.452. The van der Waals surface area contributed by atoms with E-state index in [-0.39, 0.29) is 0 Å². The molecule has 0 amide bonds. The van der Waals surface area contributed by atoms with Crippen molar-refractivity contribution in [1.29, 1.82) is 0 Å². The molecular formula is C25H22O. The smallest absolute Gasteiger partial charge is 0.150 e. The molecule has 1 heteroatoms. The van der Waals surface area contributed by atoms with Crippen molar-refractivity contribution in [3.8, 4) is 0 Å². The molecule has 0 atom stereocenters. The highest BCUT2D eigenvalue weighted by Gasteiger charge is 2.06. The first kappa shape index (κ1) is 16.5. The summed E-state index contributed by atoms with van der Waals surface area (Å²) in [6.45, 7) is 0. The maximum atomic E-state index is 10.8. The SMILES string of the molecule is O=Cc1ccc(/C=C/c2cc3ccc2CCc2ccc(cc2)CC3)cc1. The van der Waals surface area contributed by atoms with Crippen LogP contribution >= 0.6 is 0 Å². The molecule has 0 aromatic heterocycles. The van der Waals surface area contributed by atoms with E-state index in [2.05, 4.69) is 54.6 Å². The van der Waals surface area contributed by atoms with Gasteiger partial charge in [-0.15, -0.1) is 0 Å². The predicted octanol–water partition coefficient (Wildman–Crippen LogP) is 5.55. The summed E-state index contributed by atoms with van der Waals surface area (Å²) in [5.74, 6) is 0. The Labute approximate surface area is 155 Å². The third kappa shape index (κ3) is 3.83. The minimum absolute atomic E-state index is 0.713. The van der Waals surface area contributed by atoms with Crippen molar-refractivity contribution in [1.82, 2.24) is 0 Å². The second-order valence-electron chi connectivity index (χ2n) is 6.97. The van der Waals surface area contributed by atoms with Crippen LogP contribution in [-0.4, -0.2) is 6.29 Å². The van der Waals surface area contributed by atoms with Gasteiger partial charge >= 0.3 is 0 Å². The van der Waals surface area contributed by atoms with Crippen LogP contribution in [0, 0.1) is 0 Å². The van der Waals surface area contributed by atoms with Gasteiger partial charge in [-0.25, -0.2) is 0 Å². The number of hydrogen-bond acceptors (Lipinski definition) is 1. The molecule has 3 aromatic carbocycles. The van der Waals surface area contributed by atoms with Gasteiger partial charge < -0.3 is 0 Å². The average Bonchev–Trinajstić information content (AvgIpc) is 2.69. The molecule has 0 saturated heterocycles. The lowest BCUT2D eigenvalue weighted by Crippen LogP contribution is -2.00. The summed E-state index contributed by atoms with van der Waals surface area (Å²) in [5.41, 5.74) is 8.71. The first-order valence-electron chi connectivity index (χ1n) is 9.23. The third-order valence-corrected chi connectivity index (χ3v) is 5.15. The summed E-state index contributed by atoms with van der Waals surface area (Å²) in [5, 5.41) is 0. The second-order valence-corrected chi connectivity index (χ2v) is 6.97. The number of carbonyl (C=O) groups excluding carboxylic acids is 1. The van der Waals surface area contributed by atoms with Gasteiger partial charge in [-0.05, 0) is 59.1 Å². The van der Waals surface area contributed by atoms with Gasteiger partial charge in [0.15, 0.2) is 0 Å². The van der Waals surface area contributed by atoms with E-state index in [1.807, 2.05) is 24.3 Å². The predicted molar refractivity (Wildman–Crippen MR) is 108 cm³/mol. The van der Waals surface area contributed by atoms with Crippen molar-refractivity contribution < 1.29 is 4.79 Å². The zero-order valence-electron chi connectivity index (χ0n) is 14.8. The molecule has 0 saturated carbocycles. The Bertz CT molecular complexity index is 931. The van der Waals surface area contributed by atoms with E-state index in [1.165, 1.54) is 27.8 Å². The van der Waals surface area contributed by atoms with Crippen LogP contribution in [0.4, 0.5) is 0 Å². The molecule has 4 aliphatic carbocycles. The van der Waals surface area contributed by atoms with Gasteiger partial charge in [0.1, 0.15) is 6.29 Å². The number of aldehydes is 1. The Kier molecular flexibility index (Phi) is 4.79. The third-order valence-electron chi connectivity index (χ3n) is 5.15. The number of carbonyl (C=O) groups is 1. The van der Waals surface area contributed by atoms with Crippen LogP contribution in [-0.2, 0) is 25.7 Å². The molecule has 1 nitrogen and oxygen atoms in total. The van der Waals surface area contributed by atoms with E-state index in [9.17, 15) is 4.79 Å². The fourth-order valence-corrected chi connectivity index (χ4v) is 3.49. The summed E-state index contributed by atoms with van der Waals surface area (Å²) in [6.07, 6.45) is 9.48. The van der Waals surface area contributed by atoms with Crippen molar-refractivity contribution in [2.75, 3.05) is 0 Å². The second kappa shape index (κ2) is 7.53. The van der Waals surface area contributed by atoms with Gasteiger partial charge in [0.2, 0.25) is 0 Å². The highest BCUT2D eigenvalue weighted by molar-refractivity contribution is 5.77. The number of hydrogen-bond donors (Lipinski definition) is 0. The molecule has 0 radical (unpaired) electrons. The highest BCUT2D eigenvalue weighted by atomic mass is 16.1. The number of rotatable bonds is 3. The normalized spacial score (nSPS) is 13.5. The zero-order chi connectivity index (χ0) is 17.8. The van der Waals surface area contributed by atoms with Crippen LogP contribution in [0.15, 0.2) is 66.7 Å². The summed E-state index contributed by atoms with van der Waals surface area (Å²) in [6, 6.07) is 23.7. The van der Waals surface area contributed by atoms with Gasteiger partial charge in [0.25, 0.3) is 0 Å². The van der Waals surface area contributed by atoms with Crippen LogP contribution in [0.3, 0.4) is 0 Å². The van der Waals surface area contributed by atoms with Crippen molar-refractivity contribution in [3.63, 3.8) is 0 Å². The lowest BCUT2D eigenvalue weighted by molar-refractivity contribution is 0.112. The van der Waals surface area contributed by atoms with E-state index in [4.69, 9.17) is 0 Å². The molecule has 4 aliphatic rings. The molecule has 128 valence electrons. The Balaban J connectivity index is 1.63. The fraction of sp³-hybridized carbons (Fsp3) is 0.160. The molecule has 0 heterocycles. The molecule has 26 heavy (non-hydrogen) atoms. The Hall–Kier alpha value is -2.93. The van der Waals surface area contributed by atoms with Crippen molar-refractivity contribution in [2.45, 2.75) is 25.7 Å². The standard InChI is InChI=1S/C25H22O/c26-18-23-9-6-21(7-10-23)12-16-25-17-22-8-5-19-1-3-20(4-2-19)11-14-24(25)15-13-22/h1-4,6-7,9-10,12-13,15-18H,5,8,11,14H2/b16-12+. The van der Waals surface area contributed by atoms with E-state index in [1.54, 1.807) is 0 Å². The van der Waals surface area contributed by atoms with Crippen molar-refractivity contribution >= 4 is 18.4 Å². The molecule has 0 aliphatic heterocycles. The molecule has 7 rings (SSSR count). The van der Waals surface area contributed by atoms with E-state index >= 15 is 0 Å². The topological polar surface area (TPSA) is 17.1 Å². The van der Waals surface area contributed by atoms with Gasteiger partial charge in [0.05, 0.1) is 0 Å². The van der Waals surface area contributed by atoms with E-state index in [0.29, 0.717) is 5.56 Å². The van der Waals surface area contributed by atoms with Crippen molar-refractivity contribution in [3.05, 3.63) is 106 Å². The Morgan fingerprint density at radius 2 is 1.15 bits per heavy atom. The first-order valence-corrected chi connectivity index (χ1v) is 9.23. The molecule has 4 bridgehead atoms. The van der Waals surface area contributed by atoms with Gasteiger partial charge in [-0.1, -0.05) is 78.9 Å². The fourth-order valence-electron chi connectivity index (χ4n) is 3.49. The number of benzene rings is 3. The lowest BCUT2D eigenvalue weighted by Gasteiger charge is -2.12. The van der Waals surface area contributed by atoms with Crippen LogP contribution in [0.25, 0.3) is 12.2 Å². The van der Waals surface area contributed by atoms with Crippen LogP contribution in [0.5, 0.6) is 0 Å². The van der Waals surface area contributed by atoms with Crippen molar-refractivity contribution in [2.24, 2.45) is 0 Å². The molecule has 0 unspecified atom stereocenters. The largest absolute Gasteiger partial charge is 0.298 e. The number of aryl methyl sites for hydroxylation is 4. The monoisotopic (exact) mass is 338 g/mol. The summed E-state index contributed by atoms with van der Waals surface area (Å²) >= 11 is 0. The zero-order valence-corrected chi connectivity index (χ0v) is 14.8. The van der Waals surface area contributed by atoms with Crippen LogP contribution < -0.4 is 0 Å². The Morgan fingerprint density at radius 3 is 1.85 bits per heavy atom. The molecule has 0 spiro atoms. The minimum atomic E-state index is 0.713. The Morgan fingerprint density at radius 1 is 0.577 bits per heavy atom. The molecular weight excluding hydrogens is 316 g/mol. The summed E-state index contributed by atoms with van der Waals surface area (Å²) in [4.78, 5) is 10.8. The van der Waals surface area contributed by atoms with Crippen LogP contribution in [0.2, 0.25) is 0 Å². The maximum absolute atomic E-state index is 10.8. The van der Waals surface area contributed by atoms with Gasteiger partial charge in [-0.3, -0.25) is 4.79 Å². The highest BCUT2D eigenvalue weighted by Crippen LogP contribution is 2.21. The average molecular weight is 338 g/mol. The van der Waals surface area contributed by atoms with E-state index in [0.717, 1.165) is 37.5 Å². The maximum Gasteiger partial charge on any atom is 0.150 e. The van der Waals surface area contributed by atoms with Gasteiger partial charge in [0, 0.05) is 5.56 Å². The van der Waals surface area contributed by atoms with E-state index < -0.39 is 0 Å². The summed E-state index contributed by atoms with van der Waals surface area (Å²) in [7, 11) is 0. The van der Waals surface area contributed by atoms with Gasteiger partial charge in [-0.2, -0.15) is 0 Å².